The molecule has 10 heteroatoms. The number of nitrogens with zero attached hydrogens (tertiary/aromatic N) is 4. The Hall–Kier alpha value is -2.24. The molecule has 0 aliphatic carbocycles. The van der Waals surface area contributed by atoms with Crippen molar-refractivity contribution in [1.29, 1.82) is 0 Å². The zero-order chi connectivity index (χ0) is 28.1. The van der Waals surface area contributed by atoms with E-state index in [2.05, 4.69) is 0 Å². The van der Waals surface area contributed by atoms with Gasteiger partial charge in [0.2, 0.25) is 5.60 Å². The standard InChI is InChI=1S/C29H42N4O6/c1-30-13-5-9-19(30)24(34)18-17-39-28(23(18)25(35)20-10-6-14-31(20)2)29(38,26(36)21-11-7-15-32(21)3)27(37)22-12-8-16-33(22)4/h17,19-22,38H,5-16H2,1-4H3. The minimum absolute atomic E-state index is 0.0626. The summed E-state index contributed by atoms with van der Waals surface area (Å²) < 4.78 is 5.92. The van der Waals surface area contributed by atoms with Crippen LogP contribution in [0.5, 0.6) is 0 Å². The van der Waals surface area contributed by atoms with Gasteiger partial charge in [-0.1, -0.05) is 0 Å². The van der Waals surface area contributed by atoms with Crippen molar-refractivity contribution in [3.8, 4) is 0 Å². The summed E-state index contributed by atoms with van der Waals surface area (Å²) in [6.07, 6.45) is 6.63. The molecular formula is C29H42N4O6. The van der Waals surface area contributed by atoms with Gasteiger partial charge in [-0.2, -0.15) is 0 Å². The van der Waals surface area contributed by atoms with Crippen molar-refractivity contribution >= 4 is 23.1 Å². The van der Waals surface area contributed by atoms with E-state index in [-0.39, 0.29) is 28.5 Å². The summed E-state index contributed by atoms with van der Waals surface area (Å²) in [7, 11) is 7.33. The highest BCUT2D eigenvalue weighted by Gasteiger charge is 2.57. The lowest BCUT2D eigenvalue weighted by atomic mass is 9.78. The highest BCUT2D eigenvalue weighted by atomic mass is 16.4. The molecule has 10 nitrogen and oxygen atoms in total. The third-order valence-electron chi connectivity index (χ3n) is 9.64. The van der Waals surface area contributed by atoms with Crippen molar-refractivity contribution in [1.82, 2.24) is 19.6 Å². The zero-order valence-corrected chi connectivity index (χ0v) is 23.6. The van der Waals surface area contributed by atoms with Gasteiger partial charge in [0.1, 0.15) is 6.26 Å². The molecule has 0 aromatic carbocycles. The number of furan rings is 1. The number of Topliss-reactive ketones (excluding diaryl/α,β-unsaturated/α-hetero) is 4. The lowest BCUT2D eigenvalue weighted by Gasteiger charge is -2.33. The SMILES string of the molecule is CN1CCCC1C(=O)c1coc(C(O)(C(=O)C2CCCN2C)C(=O)C2CCCN2C)c1C(=O)C1CCCN1C. The largest absolute Gasteiger partial charge is 0.464 e. The average molecular weight is 543 g/mol. The Labute approximate surface area is 230 Å². The Kier molecular flexibility index (Phi) is 7.96. The fraction of sp³-hybridized carbons (Fsp3) is 0.724. The second-order valence-corrected chi connectivity index (χ2v) is 12.1. The maximum absolute atomic E-state index is 14.2. The van der Waals surface area contributed by atoms with E-state index in [1.54, 1.807) is 14.1 Å². The molecule has 4 saturated heterocycles. The molecule has 214 valence electrons. The van der Waals surface area contributed by atoms with Crippen LogP contribution in [0.1, 0.15) is 77.8 Å². The second kappa shape index (κ2) is 11.0. The summed E-state index contributed by atoms with van der Waals surface area (Å²) in [5, 5.41) is 12.4. The predicted octanol–water partition coefficient (Wildman–Crippen LogP) is 1.35. The van der Waals surface area contributed by atoms with Crippen molar-refractivity contribution in [2.45, 2.75) is 81.1 Å². The molecule has 4 atom stereocenters. The highest BCUT2D eigenvalue weighted by molar-refractivity contribution is 6.19. The predicted molar refractivity (Wildman–Crippen MR) is 144 cm³/mol. The zero-order valence-electron chi connectivity index (χ0n) is 23.6. The molecule has 4 aliphatic heterocycles. The van der Waals surface area contributed by atoms with Crippen LogP contribution >= 0.6 is 0 Å². The van der Waals surface area contributed by atoms with Crippen LogP contribution in [0, 0.1) is 0 Å². The minimum atomic E-state index is -2.67. The Morgan fingerprint density at radius 1 is 0.692 bits per heavy atom. The highest BCUT2D eigenvalue weighted by Crippen LogP contribution is 2.39. The lowest BCUT2D eigenvalue weighted by Crippen LogP contribution is -2.57. The van der Waals surface area contributed by atoms with Crippen molar-refractivity contribution in [3.63, 3.8) is 0 Å². The van der Waals surface area contributed by atoms with Crippen LogP contribution in [0.4, 0.5) is 0 Å². The molecule has 0 bridgehead atoms. The summed E-state index contributed by atoms with van der Waals surface area (Å²) in [5.41, 5.74) is -2.70. The maximum atomic E-state index is 14.2. The van der Waals surface area contributed by atoms with Gasteiger partial charge in [0.05, 0.1) is 35.3 Å². The Morgan fingerprint density at radius 3 is 1.46 bits per heavy atom. The molecule has 5 heterocycles. The normalized spacial score (nSPS) is 30.7. The molecular weight excluding hydrogens is 500 g/mol. The number of hydrogen-bond acceptors (Lipinski definition) is 10. The smallest absolute Gasteiger partial charge is 0.243 e. The first-order valence-corrected chi connectivity index (χ1v) is 14.4. The average Bonchev–Trinajstić information content (AvgIpc) is 3.73. The van der Waals surface area contributed by atoms with Crippen LogP contribution in [0.25, 0.3) is 0 Å². The number of hydrogen-bond donors (Lipinski definition) is 1. The van der Waals surface area contributed by atoms with Crippen LogP contribution in [0.15, 0.2) is 10.7 Å². The first-order chi connectivity index (χ1) is 18.6. The molecule has 1 N–H and O–H groups in total. The topological polar surface area (TPSA) is 115 Å². The van der Waals surface area contributed by atoms with E-state index in [0.717, 1.165) is 38.8 Å². The van der Waals surface area contributed by atoms with E-state index in [1.807, 2.05) is 33.7 Å². The van der Waals surface area contributed by atoms with Gasteiger partial charge in [-0.05, 0) is 106 Å². The van der Waals surface area contributed by atoms with E-state index in [9.17, 15) is 24.3 Å². The summed E-state index contributed by atoms with van der Waals surface area (Å²) in [6.45, 7) is 2.82. The third-order valence-corrected chi connectivity index (χ3v) is 9.64. The van der Waals surface area contributed by atoms with Crippen LogP contribution in [0.2, 0.25) is 0 Å². The summed E-state index contributed by atoms with van der Waals surface area (Å²) in [4.78, 5) is 64.1. The molecule has 4 aliphatic rings. The van der Waals surface area contributed by atoms with Crippen molar-refractivity contribution < 1.29 is 28.7 Å². The monoisotopic (exact) mass is 542 g/mol. The van der Waals surface area contributed by atoms with Crippen LogP contribution in [0.3, 0.4) is 0 Å². The van der Waals surface area contributed by atoms with Gasteiger partial charge in [-0.15, -0.1) is 0 Å². The first kappa shape index (κ1) is 28.3. The van der Waals surface area contributed by atoms with Gasteiger partial charge < -0.3 is 9.52 Å². The molecule has 5 rings (SSSR count). The second-order valence-electron chi connectivity index (χ2n) is 12.1. The van der Waals surface area contributed by atoms with Gasteiger partial charge in [-0.3, -0.25) is 38.8 Å². The number of carbonyl (C=O) groups is 4. The van der Waals surface area contributed by atoms with E-state index in [4.69, 9.17) is 4.42 Å². The van der Waals surface area contributed by atoms with Gasteiger partial charge in [-0.25, -0.2) is 0 Å². The Balaban J connectivity index is 1.67. The fourth-order valence-electron chi connectivity index (χ4n) is 7.19. The molecule has 0 amide bonds. The Morgan fingerprint density at radius 2 is 1.08 bits per heavy atom. The molecule has 0 radical (unpaired) electrons. The molecule has 0 saturated carbocycles. The molecule has 0 spiro atoms. The van der Waals surface area contributed by atoms with Gasteiger partial charge >= 0.3 is 0 Å². The molecule has 39 heavy (non-hydrogen) atoms. The van der Waals surface area contributed by atoms with Crippen molar-refractivity contribution in [2.75, 3.05) is 54.4 Å². The van der Waals surface area contributed by atoms with Crippen molar-refractivity contribution in [3.05, 3.63) is 23.2 Å². The van der Waals surface area contributed by atoms with E-state index in [0.29, 0.717) is 38.8 Å². The lowest BCUT2D eigenvalue weighted by molar-refractivity contribution is -0.159. The van der Waals surface area contributed by atoms with Crippen molar-refractivity contribution in [2.24, 2.45) is 0 Å². The van der Waals surface area contributed by atoms with E-state index in [1.165, 1.54) is 6.26 Å². The summed E-state index contributed by atoms with van der Waals surface area (Å²) in [6, 6.07) is -2.32. The van der Waals surface area contributed by atoms with Crippen LogP contribution in [-0.2, 0) is 15.2 Å². The Bertz CT molecular complexity index is 1110. The number of aliphatic hydroxyl groups is 1. The molecule has 1 aromatic heterocycles. The number of likely N-dealkylation sites (N-methyl/N-ethyl adjacent to an activating group) is 4. The quantitative estimate of drug-likeness (QED) is 0.362. The number of likely N-dealkylation sites (tertiary alicyclic amines) is 4. The minimum Gasteiger partial charge on any atom is -0.464 e. The number of carbonyl (C=O) groups excluding carboxylic acids is 4. The van der Waals surface area contributed by atoms with Gasteiger partial charge in [0.15, 0.2) is 28.9 Å². The van der Waals surface area contributed by atoms with E-state index >= 15 is 0 Å². The molecule has 4 fully saturated rings. The van der Waals surface area contributed by atoms with Gasteiger partial charge in [0.25, 0.3) is 0 Å². The van der Waals surface area contributed by atoms with E-state index < -0.39 is 41.3 Å². The van der Waals surface area contributed by atoms with Gasteiger partial charge in [0, 0.05) is 0 Å². The van der Waals surface area contributed by atoms with Crippen LogP contribution in [-0.4, -0.2) is 126 Å². The third kappa shape index (κ3) is 4.74. The number of ketones is 4. The first-order valence-electron chi connectivity index (χ1n) is 14.4. The van der Waals surface area contributed by atoms with Crippen LogP contribution < -0.4 is 0 Å². The molecule has 1 aromatic rings. The fourth-order valence-corrected chi connectivity index (χ4v) is 7.19. The molecule has 4 unspecified atom stereocenters. The maximum Gasteiger partial charge on any atom is 0.243 e. The summed E-state index contributed by atoms with van der Waals surface area (Å²) in [5.74, 6) is -2.36. The summed E-state index contributed by atoms with van der Waals surface area (Å²) >= 11 is 0. The number of rotatable bonds is 9.